The maximum absolute atomic E-state index is 12.6. The van der Waals surface area contributed by atoms with Gasteiger partial charge >= 0.3 is 0 Å². The van der Waals surface area contributed by atoms with E-state index in [1.807, 2.05) is 30.0 Å². The molecular weight excluding hydrogens is 240 g/mol. The Labute approximate surface area is 111 Å². The monoisotopic (exact) mass is 256 g/mol. The quantitative estimate of drug-likeness (QED) is 0.788. The fourth-order valence-corrected chi connectivity index (χ4v) is 2.67. The zero-order chi connectivity index (χ0) is 13.6. The van der Waals surface area contributed by atoms with E-state index in [-0.39, 0.29) is 11.9 Å². The number of aromatic nitrogens is 2. The van der Waals surface area contributed by atoms with Gasteiger partial charge < -0.3 is 10.6 Å². The number of amides is 1. The Kier molecular flexibility index (Phi) is 2.55. The number of carbonyl (C=O) groups is 1. The fraction of sp³-hybridized carbons (Fsp3) is 0.286. The third kappa shape index (κ3) is 1.78. The Morgan fingerprint density at radius 2 is 2.21 bits per heavy atom. The van der Waals surface area contributed by atoms with Crippen molar-refractivity contribution in [1.29, 1.82) is 0 Å². The van der Waals surface area contributed by atoms with Crippen LogP contribution in [0.15, 0.2) is 30.5 Å². The number of nitrogens with zero attached hydrogens (tertiary/aromatic N) is 3. The van der Waals surface area contributed by atoms with Gasteiger partial charge in [0, 0.05) is 30.7 Å². The van der Waals surface area contributed by atoms with Gasteiger partial charge in [-0.3, -0.25) is 9.48 Å². The van der Waals surface area contributed by atoms with Crippen LogP contribution in [-0.2, 0) is 13.5 Å². The van der Waals surface area contributed by atoms with Crippen molar-refractivity contribution in [1.82, 2.24) is 9.78 Å². The molecule has 1 aliphatic heterocycles. The van der Waals surface area contributed by atoms with Crippen LogP contribution in [0.1, 0.15) is 23.0 Å². The first kappa shape index (κ1) is 11.8. The third-order valence-electron chi connectivity index (χ3n) is 3.58. The number of carbonyl (C=O) groups excluding carboxylic acids is 1. The Hall–Kier alpha value is -2.30. The summed E-state index contributed by atoms with van der Waals surface area (Å²) in [6.45, 7) is 2.05. The zero-order valence-corrected chi connectivity index (χ0v) is 11.0. The fourth-order valence-electron chi connectivity index (χ4n) is 2.67. The first-order valence-corrected chi connectivity index (χ1v) is 6.28. The predicted octanol–water partition coefficient (Wildman–Crippen LogP) is 1.59. The van der Waals surface area contributed by atoms with E-state index in [1.165, 1.54) is 0 Å². The molecule has 1 aromatic heterocycles. The molecule has 3 rings (SSSR count). The van der Waals surface area contributed by atoms with Crippen LogP contribution in [0, 0.1) is 0 Å². The van der Waals surface area contributed by atoms with Crippen LogP contribution in [0.5, 0.6) is 0 Å². The van der Waals surface area contributed by atoms with Crippen LogP contribution in [-0.4, -0.2) is 21.7 Å². The van der Waals surface area contributed by atoms with Crippen molar-refractivity contribution in [3.63, 3.8) is 0 Å². The Bertz CT molecular complexity index is 647. The van der Waals surface area contributed by atoms with Crippen LogP contribution in [0.25, 0.3) is 0 Å². The van der Waals surface area contributed by atoms with Crippen LogP contribution in [0.2, 0.25) is 0 Å². The molecule has 2 heterocycles. The first-order chi connectivity index (χ1) is 9.08. The minimum absolute atomic E-state index is 0.0176. The Morgan fingerprint density at radius 3 is 2.89 bits per heavy atom. The van der Waals surface area contributed by atoms with E-state index >= 15 is 0 Å². The first-order valence-electron chi connectivity index (χ1n) is 6.28. The molecule has 1 atom stereocenters. The number of nitrogens with two attached hydrogens (primary N) is 1. The lowest BCUT2D eigenvalue weighted by Gasteiger charge is -2.22. The van der Waals surface area contributed by atoms with Crippen LogP contribution in [0.3, 0.4) is 0 Å². The molecule has 0 spiro atoms. The summed E-state index contributed by atoms with van der Waals surface area (Å²) in [5.41, 5.74) is 9.21. The summed E-state index contributed by atoms with van der Waals surface area (Å²) in [4.78, 5) is 14.4. The smallest absolute Gasteiger partial charge is 0.276 e. The normalized spacial score (nSPS) is 17.6. The summed E-state index contributed by atoms with van der Waals surface area (Å²) in [6.07, 6.45) is 2.47. The summed E-state index contributed by atoms with van der Waals surface area (Å²) in [5, 5.41) is 4.05. The molecule has 0 fully saturated rings. The number of nitrogen functional groups attached to an aromatic ring is 1. The van der Waals surface area contributed by atoms with E-state index in [2.05, 4.69) is 5.10 Å². The minimum atomic E-state index is -0.0176. The third-order valence-corrected chi connectivity index (χ3v) is 3.58. The van der Waals surface area contributed by atoms with Crippen molar-refractivity contribution >= 4 is 17.3 Å². The molecule has 19 heavy (non-hydrogen) atoms. The molecule has 2 aromatic rings. The van der Waals surface area contributed by atoms with Crippen molar-refractivity contribution in [3.05, 3.63) is 41.7 Å². The number of hydrogen-bond acceptors (Lipinski definition) is 3. The van der Waals surface area contributed by atoms with E-state index in [9.17, 15) is 4.79 Å². The molecule has 0 aliphatic carbocycles. The lowest BCUT2D eigenvalue weighted by atomic mass is 10.1. The molecule has 1 aliphatic rings. The van der Waals surface area contributed by atoms with Gasteiger partial charge in [0.1, 0.15) is 5.69 Å². The lowest BCUT2D eigenvalue weighted by molar-refractivity contribution is 0.0972. The van der Waals surface area contributed by atoms with E-state index < -0.39 is 0 Å². The number of rotatable bonds is 1. The molecule has 2 N–H and O–H groups in total. The maximum Gasteiger partial charge on any atom is 0.276 e. The molecular formula is C14H16N4O. The molecule has 5 nitrogen and oxygen atoms in total. The average molecular weight is 256 g/mol. The van der Waals surface area contributed by atoms with Gasteiger partial charge in [0.2, 0.25) is 0 Å². The minimum Gasteiger partial charge on any atom is -0.399 e. The van der Waals surface area contributed by atoms with E-state index in [4.69, 9.17) is 5.73 Å². The molecule has 0 bridgehead atoms. The van der Waals surface area contributed by atoms with Gasteiger partial charge in [0.25, 0.3) is 5.91 Å². The maximum atomic E-state index is 12.6. The standard InChI is InChI=1S/C14H16N4O/c1-9-7-10-8-11(15)3-4-12(10)18(9)14(19)13-5-6-16-17(13)2/h3-6,8-9H,7,15H2,1-2H3. The van der Waals surface area contributed by atoms with Gasteiger partial charge in [-0.05, 0) is 43.2 Å². The second-order valence-corrected chi connectivity index (χ2v) is 4.96. The number of benzene rings is 1. The van der Waals surface area contributed by atoms with Crippen molar-refractivity contribution in [2.75, 3.05) is 10.6 Å². The number of fused-ring (bicyclic) bond motifs is 1. The van der Waals surface area contributed by atoms with Crippen LogP contribution < -0.4 is 10.6 Å². The van der Waals surface area contributed by atoms with Crippen molar-refractivity contribution < 1.29 is 4.79 Å². The van der Waals surface area contributed by atoms with Crippen LogP contribution >= 0.6 is 0 Å². The molecule has 1 unspecified atom stereocenters. The van der Waals surface area contributed by atoms with Gasteiger partial charge in [-0.1, -0.05) is 0 Å². The van der Waals surface area contributed by atoms with E-state index in [0.29, 0.717) is 5.69 Å². The molecule has 1 amide bonds. The summed E-state index contributed by atoms with van der Waals surface area (Å²) in [5.74, 6) is -0.0176. The highest BCUT2D eigenvalue weighted by molar-refractivity contribution is 6.06. The Balaban J connectivity index is 2.03. The number of anilines is 2. The average Bonchev–Trinajstić information content (AvgIpc) is 2.90. The van der Waals surface area contributed by atoms with Crippen molar-refractivity contribution in [2.45, 2.75) is 19.4 Å². The largest absolute Gasteiger partial charge is 0.399 e. The molecule has 1 aromatic carbocycles. The van der Waals surface area contributed by atoms with Gasteiger partial charge in [0.05, 0.1) is 0 Å². The highest BCUT2D eigenvalue weighted by Gasteiger charge is 2.32. The van der Waals surface area contributed by atoms with Crippen LogP contribution in [0.4, 0.5) is 11.4 Å². The number of hydrogen-bond donors (Lipinski definition) is 1. The summed E-state index contributed by atoms with van der Waals surface area (Å²) in [7, 11) is 1.78. The van der Waals surface area contributed by atoms with Gasteiger partial charge in [-0.25, -0.2) is 0 Å². The number of aryl methyl sites for hydroxylation is 1. The predicted molar refractivity (Wildman–Crippen MR) is 74.0 cm³/mol. The van der Waals surface area contributed by atoms with Gasteiger partial charge in [-0.2, -0.15) is 5.10 Å². The summed E-state index contributed by atoms with van der Waals surface area (Å²) < 4.78 is 1.60. The summed E-state index contributed by atoms with van der Waals surface area (Å²) >= 11 is 0. The van der Waals surface area contributed by atoms with Gasteiger partial charge in [0.15, 0.2) is 0 Å². The lowest BCUT2D eigenvalue weighted by Crippen LogP contribution is -2.36. The highest BCUT2D eigenvalue weighted by Crippen LogP contribution is 2.34. The van der Waals surface area contributed by atoms with E-state index in [1.54, 1.807) is 24.0 Å². The molecule has 0 saturated heterocycles. The molecule has 0 saturated carbocycles. The molecule has 98 valence electrons. The zero-order valence-electron chi connectivity index (χ0n) is 11.0. The van der Waals surface area contributed by atoms with Crippen molar-refractivity contribution in [3.8, 4) is 0 Å². The molecule has 5 heteroatoms. The van der Waals surface area contributed by atoms with Crippen molar-refractivity contribution in [2.24, 2.45) is 7.05 Å². The second-order valence-electron chi connectivity index (χ2n) is 4.96. The molecule has 0 radical (unpaired) electrons. The second kappa shape index (κ2) is 4.12. The topological polar surface area (TPSA) is 64.2 Å². The SMILES string of the molecule is CC1Cc2cc(N)ccc2N1C(=O)c1ccnn1C. The summed E-state index contributed by atoms with van der Waals surface area (Å²) in [6, 6.07) is 7.58. The highest BCUT2D eigenvalue weighted by atomic mass is 16.2. The Morgan fingerprint density at radius 1 is 1.42 bits per heavy atom. The van der Waals surface area contributed by atoms with Gasteiger partial charge in [-0.15, -0.1) is 0 Å². The van der Waals surface area contributed by atoms with E-state index in [0.717, 1.165) is 23.4 Å².